The number of methoxy groups -OCH3 is 2. The van der Waals surface area contributed by atoms with E-state index in [-0.39, 0.29) is 11.3 Å². The van der Waals surface area contributed by atoms with E-state index in [9.17, 15) is 4.79 Å². The van der Waals surface area contributed by atoms with Gasteiger partial charge in [-0.3, -0.25) is 4.79 Å². The molecule has 0 aliphatic carbocycles. The van der Waals surface area contributed by atoms with Crippen LogP contribution in [0, 0.1) is 0 Å². The molecule has 1 heterocycles. The van der Waals surface area contributed by atoms with E-state index in [2.05, 4.69) is 9.97 Å². The molecule has 1 aromatic heterocycles. The number of ether oxygens (including phenoxy) is 2. The largest absolute Gasteiger partial charge is 0.490 e. The van der Waals surface area contributed by atoms with Gasteiger partial charge in [0, 0.05) is 7.11 Å². The predicted molar refractivity (Wildman–Crippen MR) is 51.4 cm³/mol. The summed E-state index contributed by atoms with van der Waals surface area (Å²) in [7, 11) is 2.98. The molecule has 78 valence electrons. The smallest absolute Gasteiger partial charge is 0.293 e. The Balaban J connectivity index is 3.15. The summed E-state index contributed by atoms with van der Waals surface area (Å²) in [5.74, 6) is 0.673. The Morgan fingerprint density at radius 1 is 1.43 bits per heavy atom. The Hall–Kier alpha value is -1.36. The molecule has 0 spiro atoms. The normalized spacial score (nSPS) is 11.4. The van der Waals surface area contributed by atoms with Crippen LogP contribution < -0.4 is 10.3 Å². The molecule has 5 nitrogen and oxygen atoms in total. The fourth-order valence-electron chi connectivity index (χ4n) is 0.931. The van der Waals surface area contributed by atoms with E-state index in [0.717, 1.165) is 0 Å². The summed E-state index contributed by atoms with van der Waals surface area (Å²) in [5.41, 5.74) is -0.909. The zero-order valence-electron chi connectivity index (χ0n) is 8.75. The molecule has 0 fully saturated rings. The highest BCUT2D eigenvalue weighted by Crippen LogP contribution is 2.18. The summed E-state index contributed by atoms with van der Waals surface area (Å²) in [6.07, 6.45) is 1.38. The molecule has 0 aromatic carbocycles. The number of nitrogens with zero attached hydrogens (tertiary/aromatic N) is 1. The molecule has 1 rings (SSSR count). The average molecular weight is 198 g/mol. The first-order chi connectivity index (χ1) is 6.51. The van der Waals surface area contributed by atoms with Crippen LogP contribution >= 0.6 is 0 Å². The molecule has 1 N–H and O–H groups in total. The monoisotopic (exact) mass is 198 g/mol. The molecule has 5 heteroatoms. The van der Waals surface area contributed by atoms with E-state index in [0.29, 0.717) is 5.82 Å². The third-order valence-electron chi connectivity index (χ3n) is 2.07. The van der Waals surface area contributed by atoms with Crippen LogP contribution in [0.2, 0.25) is 0 Å². The van der Waals surface area contributed by atoms with E-state index in [4.69, 9.17) is 9.47 Å². The topological polar surface area (TPSA) is 64.2 Å². The molecule has 0 saturated carbocycles. The van der Waals surface area contributed by atoms with Gasteiger partial charge in [0.25, 0.3) is 5.56 Å². The van der Waals surface area contributed by atoms with Crippen molar-refractivity contribution in [2.75, 3.05) is 14.2 Å². The van der Waals surface area contributed by atoms with Gasteiger partial charge in [-0.05, 0) is 13.8 Å². The number of hydrogen-bond donors (Lipinski definition) is 1. The van der Waals surface area contributed by atoms with Gasteiger partial charge in [0.2, 0.25) is 5.75 Å². The maximum atomic E-state index is 11.4. The molecular weight excluding hydrogens is 184 g/mol. The Morgan fingerprint density at radius 3 is 2.50 bits per heavy atom. The van der Waals surface area contributed by atoms with Crippen LogP contribution in [-0.2, 0) is 10.3 Å². The van der Waals surface area contributed by atoms with Gasteiger partial charge in [-0.25, -0.2) is 4.98 Å². The van der Waals surface area contributed by atoms with Crippen LogP contribution in [-0.4, -0.2) is 24.2 Å². The number of aromatic nitrogens is 2. The van der Waals surface area contributed by atoms with Gasteiger partial charge in [0.15, 0.2) is 0 Å². The van der Waals surface area contributed by atoms with E-state index in [1.165, 1.54) is 13.3 Å². The number of H-pyrrole nitrogens is 1. The third-order valence-corrected chi connectivity index (χ3v) is 2.07. The number of aromatic amines is 1. The Kier molecular flexibility index (Phi) is 2.90. The first-order valence-corrected chi connectivity index (χ1v) is 4.20. The minimum absolute atomic E-state index is 0.195. The van der Waals surface area contributed by atoms with Crippen LogP contribution in [0.3, 0.4) is 0 Å². The molecule has 0 atom stereocenters. The Labute approximate surface area is 82.1 Å². The van der Waals surface area contributed by atoms with Crippen molar-refractivity contribution < 1.29 is 9.47 Å². The zero-order chi connectivity index (χ0) is 10.8. The number of nitrogens with one attached hydrogen (secondary N) is 1. The van der Waals surface area contributed by atoms with Crippen molar-refractivity contribution in [2.45, 2.75) is 19.4 Å². The minimum atomic E-state index is -0.606. The molecule has 0 aliphatic heterocycles. The fraction of sp³-hybridized carbons (Fsp3) is 0.556. The fourth-order valence-corrected chi connectivity index (χ4v) is 0.931. The lowest BCUT2D eigenvalue weighted by Crippen LogP contribution is -2.26. The Morgan fingerprint density at radius 2 is 2.07 bits per heavy atom. The summed E-state index contributed by atoms with van der Waals surface area (Å²) in [4.78, 5) is 18.0. The highest BCUT2D eigenvalue weighted by atomic mass is 16.5. The Bertz CT molecular complexity index is 371. The quantitative estimate of drug-likeness (QED) is 0.774. The maximum absolute atomic E-state index is 11.4. The van der Waals surface area contributed by atoms with Crippen LogP contribution in [0.1, 0.15) is 19.7 Å². The van der Waals surface area contributed by atoms with E-state index >= 15 is 0 Å². The summed E-state index contributed by atoms with van der Waals surface area (Å²) < 4.78 is 9.98. The molecule has 0 amide bonds. The summed E-state index contributed by atoms with van der Waals surface area (Å²) in [5, 5.41) is 0. The van der Waals surface area contributed by atoms with Crippen LogP contribution in [0.15, 0.2) is 11.0 Å². The molecule has 0 radical (unpaired) electrons. The van der Waals surface area contributed by atoms with E-state index < -0.39 is 5.60 Å². The van der Waals surface area contributed by atoms with Gasteiger partial charge in [-0.2, -0.15) is 0 Å². The van der Waals surface area contributed by atoms with Gasteiger partial charge >= 0.3 is 0 Å². The van der Waals surface area contributed by atoms with E-state index in [1.807, 2.05) is 13.8 Å². The first-order valence-electron chi connectivity index (χ1n) is 4.20. The zero-order valence-corrected chi connectivity index (χ0v) is 8.75. The first kappa shape index (κ1) is 10.7. The van der Waals surface area contributed by atoms with E-state index in [1.54, 1.807) is 7.11 Å². The van der Waals surface area contributed by atoms with Crippen molar-refractivity contribution in [2.24, 2.45) is 0 Å². The second-order valence-electron chi connectivity index (χ2n) is 3.34. The summed E-state index contributed by atoms with van der Waals surface area (Å²) >= 11 is 0. The molecule has 0 bridgehead atoms. The van der Waals surface area contributed by atoms with Crippen molar-refractivity contribution in [1.29, 1.82) is 0 Å². The lowest BCUT2D eigenvalue weighted by atomic mass is 10.1. The standard InChI is InChI=1S/C9H14N2O3/c1-9(2,14-4)8-10-5-6(13-3)7(12)11-8/h5H,1-4H3,(H,10,11,12). The highest BCUT2D eigenvalue weighted by molar-refractivity contribution is 5.14. The van der Waals surface area contributed by atoms with Gasteiger partial charge < -0.3 is 14.5 Å². The number of hydrogen-bond acceptors (Lipinski definition) is 4. The van der Waals surface area contributed by atoms with Gasteiger partial charge in [0.1, 0.15) is 11.4 Å². The second kappa shape index (κ2) is 3.79. The molecule has 1 aromatic rings. The van der Waals surface area contributed by atoms with Crippen molar-refractivity contribution in [3.05, 3.63) is 22.4 Å². The molecule has 0 saturated heterocycles. The van der Waals surface area contributed by atoms with Crippen LogP contribution in [0.5, 0.6) is 5.75 Å². The van der Waals surface area contributed by atoms with Crippen molar-refractivity contribution in [1.82, 2.24) is 9.97 Å². The maximum Gasteiger partial charge on any atom is 0.293 e. The number of rotatable bonds is 3. The van der Waals surface area contributed by atoms with Crippen molar-refractivity contribution in [3.63, 3.8) is 0 Å². The lowest BCUT2D eigenvalue weighted by molar-refractivity contribution is 0.0111. The van der Waals surface area contributed by atoms with Crippen molar-refractivity contribution >= 4 is 0 Å². The van der Waals surface area contributed by atoms with Crippen molar-refractivity contribution in [3.8, 4) is 5.75 Å². The van der Waals surface area contributed by atoms with Gasteiger partial charge in [0.05, 0.1) is 13.3 Å². The molecule has 0 unspecified atom stereocenters. The van der Waals surface area contributed by atoms with Gasteiger partial charge in [-0.15, -0.1) is 0 Å². The SMILES string of the molecule is COc1cnc(C(C)(C)OC)[nH]c1=O. The highest BCUT2D eigenvalue weighted by Gasteiger charge is 2.22. The van der Waals surface area contributed by atoms with Crippen LogP contribution in [0.25, 0.3) is 0 Å². The van der Waals surface area contributed by atoms with Gasteiger partial charge in [-0.1, -0.05) is 0 Å². The molecular formula is C9H14N2O3. The van der Waals surface area contributed by atoms with Crippen LogP contribution in [0.4, 0.5) is 0 Å². The predicted octanol–water partition coefficient (Wildman–Crippen LogP) is 0.660. The molecule has 0 aliphatic rings. The molecule has 14 heavy (non-hydrogen) atoms. The lowest BCUT2D eigenvalue weighted by Gasteiger charge is -2.21. The third kappa shape index (κ3) is 1.93. The summed E-state index contributed by atoms with van der Waals surface area (Å²) in [6, 6.07) is 0. The average Bonchev–Trinajstić information content (AvgIpc) is 2.17. The minimum Gasteiger partial charge on any atom is -0.490 e. The second-order valence-corrected chi connectivity index (χ2v) is 3.34. The summed E-state index contributed by atoms with van der Waals surface area (Å²) in [6.45, 7) is 3.63.